The molecule has 1 unspecified atom stereocenters. The van der Waals surface area contributed by atoms with E-state index in [1.54, 1.807) is 11.3 Å². The lowest BCUT2D eigenvalue weighted by Crippen LogP contribution is -2.08. The highest BCUT2D eigenvalue weighted by molar-refractivity contribution is 7.12. The molecule has 4 nitrogen and oxygen atoms in total. The Labute approximate surface area is 120 Å². The Balaban J connectivity index is 2.27. The third kappa shape index (κ3) is 2.96. The molecule has 106 valence electrons. The van der Waals surface area contributed by atoms with E-state index < -0.39 is 10.7 Å². The lowest BCUT2D eigenvalue weighted by Gasteiger charge is -2.15. The van der Waals surface area contributed by atoms with E-state index in [2.05, 4.69) is 5.32 Å². The van der Waals surface area contributed by atoms with Gasteiger partial charge in [-0.1, -0.05) is 0 Å². The van der Waals surface area contributed by atoms with Crippen molar-refractivity contribution in [3.05, 3.63) is 55.5 Å². The fourth-order valence-electron chi connectivity index (χ4n) is 2.13. The number of thiophene rings is 1. The molecule has 0 bridgehead atoms. The van der Waals surface area contributed by atoms with Gasteiger partial charge in [-0.15, -0.1) is 11.3 Å². The molecule has 2 aromatic rings. The van der Waals surface area contributed by atoms with Crippen LogP contribution in [0.2, 0.25) is 0 Å². The Kier molecular flexibility index (Phi) is 4.04. The van der Waals surface area contributed by atoms with Crippen molar-refractivity contribution in [2.24, 2.45) is 0 Å². The van der Waals surface area contributed by atoms with E-state index in [4.69, 9.17) is 0 Å². The molecule has 0 radical (unpaired) electrons. The second-order valence-electron chi connectivity index (χ2n) is 4.66. The van der Waals surface area contributed by atoms with Crippen LogP contribution in [0.3, 0.4) is 0 Å². The molecule has 0 aliphatic carbocycles. The van der Waals surface area contributed by atoms with Gasteiger partial charge in [-0.2, -0.15) is 0 Å². The van der Waals surface area contributed by atoms with Crippen molar-refractivity contribution in [1.29, 1.82) is 0 Å². The number of nitro groups is 1. The molecule has 0 aliphatic heterocycles. The van der Waals surface area contributed by atoms with Crippen LogP contribution in [0.1, 0.15) is 28.3 Å². The molecule has 1 N–H and O–H groups in total. The lowest BCUT2D eigenvalue weighted by molar-refractivity contribution is -0.384. The number of halogens is 1. The topological polar surface area (TPSA) is 55.2 Å². The third-order valence-corrected chi connectivity index (χ3v) is 4.06. The number of hydrogen-bond acceptors (Lipinski definition) is 4. The first-order valence-electron chi connectivity index (χ1n) is 6.16. The number of non-ortho nitro benzene ring substituents is 1. The maximum atomic E-state index is 13.7. The van der Waals surface area contributed by atoms with Crippen LogP contribution in [0.15, 0.2) is 24.3 Å². The minimum atomic E-state index is -0.532. The second-order valence-corrected chi connectivity index (χ2v) is 6.12. The molecule has 0 spiro atoms. The summed E-state index contributed by atoms with van der Waals surface area (Å²) in [5, 5.41) is 13.7. The SMILES string of the molecule is Cc1cc(C(C)Nc2cc([N+](=O)[O-])ccc2F)c(C)s1. The molecular weight excluding hydrogens is 279 g/mol. The van der Waals surface area contributed by atoms with Crippen LogP contribution in [0, 0.1) is 29.8 Å². The molecule has 1 heterocycles. The summed E-state index contributed by atoms with van der Waals surface area (Å²) < 4.78 is 13.7. The van der Waals surface area contributed by atoms with E-state index in [1.807, 2.05) is 26.8 Å². The van der Waals surface area contributed by atoms with E-state index >= 15 is 0 Å². The molecular formula is C14H15FN2O2S. The number of nitrogens with one attached hydrogen (secondary N) is 1. The Morgan fingerprint density at radius 2 is 2.05 bits per heavy atom. The quantitative estimate of drug-likeness (QED) is 0.663. The zero-order valence-corrected chi connectivity index (χ0v) is 12.3. The van der Waals surface area contributed by atoms with Crippen molar-refractivity contribution < 1.29 is 9.31 Å². The zero-order chi connectivity index (χ0) is 14.9. The highest BCUT2D eigenvalue weighted by atomic mass is 32.1. The fraction of sp³-hybridized carbons (Fsp3) is 0.286. The summed E-state index contributed by atoms with van der Waals surface area (Å²) in [5.74, 6) is -0.493. The molecule has 0 aliphatic rings. The summed E-state index contributed by atoms with van der Waals surface area (Å²) >= 11 is 1.68. The highest BCUT2D eigenvalue weighted by Crippen LogP contribution is 2.30. The predicted molar refractivity (Wildman–Crippen MR) is 78.9 cm³/mol. The molecule has 0 saturated heterocycles. The van der Waals surface area contributed by atoms with E-state index in [0.717, 1.165) is 22.6 Å². The number of nitro benzene ring substituents is 1. The van der Waals surface area contributed by atoms with Crippen LogP contribution in [-0.4, -0.2) is 4.92 Å². The van der Waals surface area contributed by atoms with Gasteiger partial charge in [0.05, 0.1) is 10.6 Å². The Morgan fingerprint density at radius 3 is 2.60 bits per heavy atom. The number of anilines is 1. The van der Waals surface area contributed by atoms with Gasteiger partial charge in [0.2, 0.25) is 0 Å². The molecule has 6 heteroatoms. The van der Waals surface area contributed by atoms with Crippen LogP contribution in [0.5, 0.6) is 0 Å². The fourth-order valence-corrected chi connectivity index (χ4v) is 3.15. The van der Waals surface area contributed by atoms with Crippen molar-refractivity contribution >= 4 is 22.7 Å². The van der Waals surface area contributed by atoms with Gasteiger partial charge in [0.25, 0.3) is 5.69 Å². The monoisotopic (exact) mass is 294 g/mol. The van der Waals surface area contributed by atoms with Gasteiger partial charge in [0.15, 0.2) is 0 Å². The molecule has 0 fully saturated rings. The van der Waals surface area contributed by atoms with Crippen molar-refractivity contribution in [3.63, 3.8) is 0 Å². The molecule has 1 aromatic carbocycles. The van der Waals surface area contributed by atoms with E-state index in [1.165, 1.54) is 10.9 Å². The second kappa shape index (κ2) is 5.58. The molecule has 1 aromatic heterocycles. The minimum absolute atomic E-state index is 0.114. The number of nitrogens with zero attached hydrogens (tertiary/aromatic N) is 1. The first kappa shape index (κ1) is 14.5. The number of aryl methyl sites for hydroxylation is 2. The molecule has 2 rings (SSSR count). The van der Waals surface area contributed by atoms with E-state index in [0.29, 0.717) is 0 Å². The summed E-state index contributed by atoms with van der Waals surface area (Å²) in [7, 11) is 0. The third-order valence-electron chi connectivity index (χ3n) is 3.08. The van der Waals surface area contributed by atoms with Crippen LogP contribution in [-0.2, 0) is 0 Å². The summed E-state index contributed by atoms with van der Waals surface area (Å²) in [5.41, 5.74) is 1.10. The molecule has 0 saturated carbocycles. The van der Waals surface area contributed by atoms with Gasteiger partial charge < -0.3 is 5.32 Å². The van der Waals surface area contributed by atoms with Crippen molar-refractivity contribution in [2.75, 3.05) is 5.32 Å². The maximum Gasteiger partial charge on any atom is 0.271 e. The van der Waals surface area contributed by atoms with Gasteiger partial charge in [0, 0.05) is 27.9 Å². The number of hydrogen-bond donors (Lipinski definition) is 1. The average Bonchev–Trinajstić information content (AvgIpc) is 2.71. The predicted octanol–water partition coefficient (Wildman–Crippen LogP) is 4.59. The van der Waals surface area contributed by atoms with Gasteiger partial charge >= 0.3 is 0 Å². The van der Waals surface area contributed by atoms with Crippen LogP contribution >= 0.6 is 11.3 Å². The van der Waals surface area contributed by atoms with Crippen LogP contribution in [0.4, 0.5) is 15.8 Å². The lowest BCUT2D eigenvalue weighted by atomic mass is 10.1. The Morgan fingerprint density at radius 1 is 1.35 bits per heavy atom. The van der Waals surface area contributed by atoms with Crippen LogP contribution < -0.4 is 5.32 Å². The first-order chi connectivity index (χ1) is 9.38. The van der Waals surface area contributed by atoms with Crippen molar-refractivity contribution in [1.82, 2.24) is 0 Å². The molecule has 1 atom stereocenters. The summed E-state index contributed by atoms with van der Waals surface area (Å²) in [6, 6.07) is 5.42. The standard InChI is InChI=1S/C14H15FN2O2S/c1-8-6-12(10(3)20-8)9(2)16-14-7-11(17(18)19)4-5-13(14)15/h4-7,9,16H,1-3H3. The first-order valence-corrected chi connectivity index (χ1v) is 6.97. The maximum absolute atomic E-state index is 13.7. The normalized spacial score (nSPS) is 12.2. The van der Waals surface area contributed by atoms with Crippen molar-refractivity contribution in [2.45, 2.75) is 26.8 Å². The zero-order valence-electron chi connectivity index (χ0n) is 11.4. The average molecular weight is 294 g/mol. The van der Waals surface area contributed by atoms with Gasteiger partial charge in [-0.3, -0.25) is 10.1 Å². The summed E-state index contributed by atoms with van der Waals surface area (Å²) in [6.45, 7) is 5.93. The smallest absolute Gasteiger partial charge is 0.271 e. The highest BCUT2D eigenvalue weighted by Gasteiger charge is 2.15. The Hall–Kier alpha value is -1.95. The molecule has 0 amide bonds. The Bertz CT molecular complexity index is 655. The summed E-state index contributed by atoms with van der Waals surface area (Å²) in [4.78, 5) is 12.5. The largest absolute Gasteiger partial charge is 0.376 e. The van der Waals surface area contributed by atoms with Gasteiger partial charge in [-0.05, 0) is 38.5 Å². The van der Waals surface area contributed by atoms with E-state index in [9.17, 15) is 14.5 Å². The van der Waals surface area contributed by atoms with E-state index in [-0.39, 0.29) is 17.4 Å². The van der Waals surface area contributed by atoms with Crippen molar-refractivity contribution in [3.8, 4) is 0 Å². The van der Waals surface area contributed by atoms with Gasteiger partial charge in [-0.25, -0.2) is 4.39 Å². The van der Waals surface area contributed by atoms with Gasteiger partial charge in [0.1, 0.15) is 5.82 Å². The minimum Gasteiger partial charge on any atom is -0.376 e. The molecule has 20 heavy (non-hydrogen) atoms. The number of rotatable bonds is 4. The summed E-state index contributed by atoms with van der Waals surface area (Å²) in [6.07, 6.45) is 0. The van der Waals surface area contributed by atoms with Crippen LogP contribution in [0.25, 0.3) is 0 Å². The number of benzene rings is 1.